The second-order valence-corrected chi connectivity index (χ2v) is 4.29. The van der Waals surface area contributed by atoms with Crippen LogP contribution >= 0.6 is 0 Å². The zero-order valence-electron chi connectivity index (χ0n) is 12.0. The Morgan fingerprint density at radius 1 is 1.14 bits per heavy atom. The van der Waals surface area contributed by atoms with Crippen LogP contribution in [0.25, 0.3) is 0 Å². The summed E-state index contributed by atoms with van der Waals surface area (Å²) in [7, 11) is 3.06. The van der Waals surface area contributed by atoms with Crippen LogP contribution in [0.5, 0.6) is 11.5 Å². The minimum absolute atomic E-state index is 0.135. The van der Waals surface area contributed by atoms with Gasteiger partial charge in [0.2, 0.25) is 0 Å². The first-order chi connectivity index (χ1) is 10.6. The molecule has 0 radical (unpaired) electrons. The number of hydrogen-bond acceptors (Lipinski definition) is 6. The van der Waals surface area contributed by atoms with Crippen LogP contribution in [0.15, 0.2) is 36.4 Å². The van der Waals surface area contributed by atoms with E-state index in [2.05, 4.69) is 5.32 Å². The van der Waals surface area contributed by atoms with Gasteiger partial charge in [0.1, 0.15) is 17.6 Å². The average molecular weight is 299 g/mol. The Bertz CT molecular complexity index is 753. The van der Waals surface area contributed by atoms with Gasteiger partial charge >= 0.3 is 0 Å². The lowest BCUT2D eigenvalue weighted by molar-refractivity contribution is -0.384. The Morgan fingerprint density at radius 3 is 2.45 bits per heavy atom. The number of nitro groups is 1. The van der Waals surface area contributed by atoms with Crippen molar-refractivity contribution in [3.8, 4) is 17.6 Å². The van der Waals surface area contributed by atoms with Gasteiger partial charge in [-0.15, -0.1) is 0 Å². The Kier molecular flexibility index (Phi) is 4.44. The topological polar surface area (TPSA) is 97.4 Å². The fourth-order valence-corrected chi connectivity index (χ4v) is 1.89. The second-order valence-electron chi connectivity index (χ2n) is 4.29. The van der Waals surface area contributed by atoms with Crippen LogP contribution in [0.3, 0.4) is 0 Å². The summed E-state index contributed by atoms with van der Waals surface area (Å²) in [5.74, 6) is 1.16. The van der Waals surface area contributed by atoms with E-state index in [1.807, 2.05) is 6.07 Å². The van der Waals surface area contributed by atoms with Crippen LogP contribution in [-0.4, -0.2) is 19.1 Å². The van der Waals surface area contributed by atoms with Crippen LogP contribution in [0.1, 0.15) is 5.56 Å². The van der Waals surface area contributed by atoms with Gasteiger partial charge < -0.3 is 14.8 Å². The molecule has 0 heterocycles. The third-order valence-corrected chi connectivity index (χ3v) is 3.01. The number of anilines is 2. The standard InChI is InChI=1S/C15H13N3O4/c1-21-12-4-6-14(15(8-12)22-2)17-13-5-3-11(18(19)20)7-10(13)9-16/h3-8,17H,1-2H3. The molecule has 0 unspecified atom stereocenters. The van der Waals surface area contributed by atoms with Crippen LogP contribution in [0.4, 0.5) is 17.1 Å². The molecule has 0 bridgehead atoms. The summed E-state index contributed by atoms with van der Waals surface area (Å²) in [5.41, 5.74) is 1.11. The molecule has 2 rings (SSSR count). The van der Waals surface area contributed by atoms with E-state index in [4.69, 9.17) is 14.7 Å². The number of benzene rings is 2. The van der Waals surface area contributed by atoms with E-state index in [0.29, 0.717) is 22.9 Å². The lowest BCUT2D eigenvalue weighted by atomic mass is 10.1. The Balaban J connectivity index is 2.39. The summed E-state index contributed by atoms with van der Waals surface area (Å²) < 4.78 is 10.4. The normalized spacial score (nSPS) is 9.68. The summed E-state index contributed by atoms with van der Waals surface area (Å²) in [6.07, 6.45) is 0. The highest BCUT2D eigenvalue weighted by Crippen LogP contribution is 2.33. The zero-order valence-corrected chi connectivity index (χ0v) is 12.0. The molecule has 7 heteroatoms. The number of ether oxygens (including phenoxy) is 2. The molecule has 1 N–H and O–H groups in total. The molecule has 112 valence electrons. The van der Waals surface area contributed by atoms with Gasteiger partial charge in [0, 0.05) is 18.2 Å². The molecule has 0 saturated carbocycles. The maximum absolute atomic E-state index is 10.8. The van der Waals surface area contributed by atoms with Gasteiger partial charge in [-0.25, -0.2) is 0 Å². The number of nitrogens with one attached hydrogen (secondary N) is 1. The van der Waals surface area contributed by atoms with Crippen molar-refractivity contribution in [2.75, 3.05) is 19.5 Å². The molecule has 0 amide bonds. The molecule has 0 saturated heterocycles. The van der Waals surface area contributed by atoms with E-state index in [0.717, 1.165) is 0 Å². The van der Waals surface area contributed by atoms with E-state index < -0.39 is 4.92 Å². The van der Waals surface area contributed by atoms with Crippen molar-refractivity contribution in [2.24, 2.45) is 0 Å². The molecule has 0 aromatic heterocycles. The molecule has 22 heavy (non-hydrogen) atoms. The lowest BCUT2D eigenvalue weighted by Crippen LogP contribution is -1.98. The Labute approximate surface area is 126 Å². The lowest BCUT2D eigenvalue weighted by Gasteiger charge is -2.13. The largest absolute Gasteiger partial charge is 0.497 e. The average Bonchev–Trinajstić information content (AvgIpc) is 2.55. The molecule has 0 aliphatic carbocycles. The monoisotopic (exact) mass is 299 g/mol. The minimum Gasteiger partial charge on any atom is -0.497 e. The van der Waals surface area contributed by atoms with Gasteiger partial charge in [-0.2, -0.15) is 5.26 Å². The number of nitriles is 1. The zero-order chi connectivity index (χ0) is 16.1. The van der Waals surface area contributed by atoms with Crippen LogP contribution in [0.2, 0.25) is 0 Å². The molecule has 0 fully saturated rings. The molecular weight excluding hydrogens is 286 g/mol. The number of nitrogens with zero attached hydrogens (tertiary/aromatic N) is 2. The molecule has 2 aromatic carbocycles. The van der Waals surface area contributed by atoms with Crippen LogP contribution in [-0.2, 0) is 0 Å². The number of non-ortho nitro benzene ring substituents is 1. The van der Waals surface area contributed by atoms with Crippen molar-refractivity contribution in [3.05, 3.63) is 52.1 Å². The van der Waals surface area contributed by atoms with Gasteiger partial charge in [-0.3, -0.25) is 10.1 Å². The summed E-state index contributed by atoms with van der Waals surface area (Å²) >= 11 is 0. The molecule has 2 aromatic rings. The van der Waals surface area contributed by atoms with E-state index in [1.54, 1.807) is 25.3 Å². The highest BCUT2D eigenvalue weighted by atomic mass is 16.6. The van der Waals surface area contributed by atoms with E-state index in [9.17, 15) is 10.1 Å². The molecular formula is C15H13N3O4. The first-order valence-corrected chi connectivity index (χ1v) is 6.26. The molecule has 0 atom stereocenters. The van der Waals surface area contributed by atoms with E-state index in [1.165, 1.54) is 25.3 Å². The summed E-state index contributed by atoms with van der Waals surface area (Å²) in [6, 6.07) is 11.1. The highest BCUT2D eigenvalue weighted by Gasteiger charge is 2.12. The SMILES string of the molecule is COc1ccc(Nc2ccc([N+](=O)[O-])cc2C#N)c(OC)c1. The number of hydrogen-bond donors (Lipinski definition) is 1. The van der Waals surface area contributed by atoms with Crippen molar-refractivity contribution in [1.29, 1.82) is 5.26 Å². The van der Waals surface area contributed by atoms with Gasteiger partial charge in [0.05, 0.1) is 36.1 Å². The first kappa shape index (κ1) is 15.1. The third kappa shape index (κ3) is 3.07. The van der Waals surface area contributed by atoms with Crippen molar-refractivity contribution >= 4 is 17.1 Å². The van der Waals surface area contributed by atoms with Gasteiger partial charge in [-0.1, -0.05) is 0 Å². The maximum atomic E-state index is 10.8. The van der Waals surface area contributed by atoms with Crippen molar-refractivity contribution in [2.45, 2.75) is 0 Å². The van der Waals surface area contributed by atoms with Crippen molar-refractivity contribution in [3.63, 3.8) is 0 Å². The van der Waals surface area contributed by atoms with Crippen molar-refractivity contribution in [1.82, 2.24) is 0 Å². The van der Waals surface area contributed by atoms with Gasteiger partial charge in [-0.05, 0) is 18.2 Å². The predicted molar refractivity (Wildman–Crippen MR) is 80.6 cm³/mol. The Hall–Kier alpha value is -3.27. The summed E-state index contributed by atoms with van der Waals surface area (Å²) in [5, 5.41) is 22.9. The van der Waals surface area contributed by atoms with Crippen LogP contribution < -0.4 is 14.8 Å². The maximum Gasteiger partial charge on any atom is 0.270 e. The van der Waals surface area contributed by atoms with Gasteiger partial charge in [0.15, 0.2) is 0 Å². The first-order valence-electron chi connectivity index (χ1n) is 6.26. The van der Waals surface area contributed by atoms with Gasteiger partial charge in [0.25, 0.3) is 5.69 Å². The highest BCUT2D eigenvalue weighted by molar-refractivity contribution is 5.72. The molecule has 0 aliphatic rings. The number of rotatable bonds is 5. The van der Waals surface area contributed by atoms with Crippen molar-refractivity contribution < 1.29 is 14.4 Å². The second kappa shape index (κ2) is 6.45. The predicted octanol–water partition coefficient (Wildman–Crippen LogP) is 3.23. The summed E-state index contributed by atoms with van der Waals surface area (Å²) in [4.78, 5) is 10.2. The summed E-state index contributed by atoms with van der Waals surface area (Å²) in [6.45, 7) is 0. The minimum atomic E-state index is -0.543. The molecule has 7 nitrogen and oxygen atoms in total. The Morgan fingerprint density at radius 2 is 1.86 bits per heavy atom. The van der Waals surface area contributed by atoms with Crippen LogP contribution in [0, 0.1) is 21.4 Å². The molecule has 0 spiro atoms. The third-order valence-electron chi connectivity index (χ3n) is 3.01. The molecule has 0 aliphatic heterocycles. The quantitative estimate of drug-likeness (QED) is 0.672. The van der Waals surface area contributed by atoms with E-state index in [-0.39, 0.29) is 11.3 Å². The fraction of sp³-hybridized carbons (Fsp3) is 0.133. The number of nitro benzene ring substituents is 1. The fourth-order valence-electron chi connectivity index (χ4n) is 1.89. The number of methoxy groups -OCH3 is 2. The van der Waals surface area contributed by atoms with E-state index >= 15 is 0 Å². The smallest absolute Gasteiger partial charge is 0.270 e.